The van der Waals surface area contributed by atoms with Gasteiger partial charge in [-0.1, -0.05) is 13.8 Å². The fraction of sp³-hybridized carbons (Fsp3) is 0.615. The van der Waals surface area contributed by atoms with Gasteiger partial charge < -0.3 is 10.1 Å². The third-order valence-electron chi connectivity index (χ3n) is 3.57. The quantitative estimate of drug-likeness (QED) is 0.610. The number of amidine groups is 1. The smallest absolute Gasteiger partial charge is 0.333 e. The van der Waals surface area contributed by atoms with E-state index in [1.165, 1.54) is 7.11 Å². The van der Waals surface area contributed by atoms with Crippen LogP contribution in [0.5, 0.6) is 0 Å². The first-order valence-electron chi connectivity index (χ1n) is 5.91. The monoisotopic (exact) mass is 252 g/mol. The fourth-order valence-corrected chi connectivity index (χ4v) is 1.60. The Morgan fingerprint density at radius 3 is 2.33 bits per heavy atom. The Morgan fingerprint density at radius 2 is 1.94 bits per heavy atom. The molecule has 5 nitrogen and oxygen atoms in total. The number of nitrogens with zero attached hydrogens (tertiary/aromatic N) is 1. The Bertz CT molecular complexity index is 449. The van der Waals surface area contributed by atoms with Crippen LogP contribution in [0.25, 0.3) is 0 Å². The Morgan fingerprint density at radius 1 is 1.39 bits per heavy atom. The number of ether oxygens (including phenoxy) is 1. The number of carbonyl (C=O) groups excluding carboxylic acids is 2. The number of methoxy groups -OCH3 is 1. The van der Waals surface area contributed by atoms with Crippen molar-refractivity contribution in [3.8, 4) is 0 Å². The van der Waals surface area contributed by atoms with E-state index in [9.17, 15) is 9.59 Å². The fourth-order valence-electron chi connectivity index (χ4n) is 1.60. The van der Waals surface area contributed by atoms with Crippen molar-refractivity contribution in [1.82, 2.24) is 5.32 Å². The van der Waals surface area contributed by atoms with Crippen molar-refractivity contribution in [2.75, 3.05) is 7.11 Å². The first kappa shape index (κ1) is 14.4. The number of hydrogen-bond acceptors (Lipinski definition) is 4. The molecule has 0 saturated heterocycles. The number of esters is 1. The van der Waals surface area contributed by atoms with Gasteiger partial charge in [0, 0.05) is 11.1 Å². The number of nitrogens with one attached hydrogen (secondary N) is 1. The molecule has 0 aromatic heterocycles. The summed E-state index contributed by atoms with van der Waals surface area (Å²) >= 11 is 0. The summed E-state index contributed by atoms with van der Waals surface area (Å²) in [6, 6.07) is 0. The van der Waals surface area contributed by atoms with E-state index in [0.29, 0.717) is 17.0 Å². The molecule has 0 aromatic rings. The molecule has 1 atom stereocenters. The highest BCUT2D eigenvalue weighted by molar-refractivity contribution is 6.17. The summed E-state index contributed by atoms with van der Waals surface area (Å²) in [5.41, 5.74) is 0.316. The molecule has 0 aromatic carbocycles. The van der Waals surface area contributed by atoms with Gasteiger partial charge in [0.05, 0.1) is 7.11 Å². The van der Waals surface area contributed by atoms with Crippen LogP contribution in [-0.4, -0.2) is 30.4 Å². The molecule has 0 spiro atoms. The van der Waals surface area contributed by atoms with Crippen LogP contribution in [0.4, 0.5) is 0 Å². The molecule has 1 heterocycles. The van der Waals surface area contributed by atoms with Crippen LogP contribution in [-0.2, 0) is 14.3 Å². The largest absolute Gasteiger partial charge is 0.466 e. The lowest BCUT2D eigenvalue weighted by Gasteiger charge is -2.21. The van der Waals surface area contributed by atoms with Crippen LogP contribution in [0.15, 0.2) is 16.1 Å². The summed E-state index contributed by atoms with van der Waals surface area (Å²) in [5, 5.41) is 2.73. The molecule has 0 fully saturated rings. The average Bonchev–Trinajstić information content (AvgIpc) is 2.64. The second-order valence-corrected chi connectivity index (χ2v) is 4.96. The predicted octanol–water partition coefficient (Wildman–Crippen LogP) is 1.44. The lowest BCUT2D eigenvalue weighted by atomic mass is 9.89. The molecule has 1 amide bonds. The first-order chi connectivity index (χ1) is 8.24. The Balaban J connectivity index is 3.15. The molecule has 0 saturated carbocycles. The van der Waals surface area contributed by atoms with Gasteiger partial charge in [0.25, 0.3) is 5.91 Å². The average molecular weight is 252 g/mol. The van der Waals surface area contributed by atoms with Gasteiger partial charge in [-0.25, -0.2) is 4.79 Å². The van der Waals surface area contributed by atoms with Crippen molar-refractivity contribution in [1.29, 1.82) is 0 Å². The van der Waals surface area contributed by atoms with Crippen molar-refractivity contribution in [2.45, 2.75) is 40.2 Å². The van der Waals surface area contributed by atoms with E-state index in [4.69, 9.17) is 0 Å². The minimum Gasteiger partial charge on any atom is -0.466 e. The van der Waals surface area contributed by atoms with Gasteiger partial charge in [-0.2, -0.15) is 0 Å². The summed E-state index contributed by atoms with van der Waals surface area (Å²) in [4.78, 5) is 27.8. The van der Waals surface area contributed by atoms with Crippen molar-refractivity contribution in [2.24, 2.45) is 10.9 Å². The molecule has 1 aliphatic rings. The molecule has 0 radical (unpaired) electrons. The summed E-state index contributed by atoms with van der Waals surface area (Å²) in [6.45, 7) is 9.08. The highest BCUT2D eigenvalue weighted by Crippen LogP contribution is 2.27. The minimum atomic E-state index is -0.771. The van der Waals surface area contributed by atoms with Gasteiger partial charge in [-0.15, -0.1) is 0 Å². The van der Waals surface area contributed by atoms with Crippen molar-refractivity contribution >= 4 is 17.7 Å². The van der Waals surface area contributed by atoms with Crippen LogP contribution >= 0.6 is 0 Å². The Labute approximate surface area is 107 Å². The van der Waals surface area contributed by atoms with E-state index in [0.717, 1.165) is 0 Å². The summed E-state index contributed by atoms with van der Waals surface area (Å²) < 4.78 is 4.65. The van der Waals surface area contributed by atoms with Crippen LogP contribution in [0.2, 0.25) is 0 Å². The van der Waals surface area contributed by atoms with Crippen molar-refractivity contribution in [3.63, 3.8) is 0 Å². The van der Waals surface area contributed by atoms with Gasteiger partial charge in [0.1, 0.15) is 11.4 Å². The number of amides is 1. The maximum absolute atomic E-state index is 11.9. The molecular formula is C13H20N2O3. The third kappa shape index (κ3) is 2.30. The van der Waals surface area contributed by atoms with Crippen LogP contribution in [0, 0.1) is 5.92 Å². The third-order valence-corrected chi connectivity index (χ3v) is 3.57. The highest BCUT2D eigenvalue weighted by Gasteiger charge is 2.42. The zero-order valence-electron chi connectivity index (χ0n) is 11.7. The van der Waals surface area contributed by atoms with Crippen LogP contribution in [0.3, 0.4) is 0 Å². The molecule has 1 N–H and O–H groups in total. The van der Waals surface area contributed by atoms with E-state index in [1.54, 1.807) is 20.8 Å². The number of hydrogen-bond donors (Lipinski definition) is 1. The molecular weight excluding hydrogens is 232 g/mol. The van der Waals surface area contributed by atoms with Crippen LogP contribution in [0.1, 0.15) is 34.6 Å². The van der Waals surface area contributed by atoms with Gasteiger partial charge in [0.15, 0.2) is 0 Å². The van der Waals surface area contributed by atoms with E-state index >= 15 is 0 Å². The molecule has 100 valence electrons. The zero-order valence-corrected chi connectivity index (χ0v) is 11.7. The number of aliphatic imine (C=N–C) groups is 1. The molecule has 5 heteroatoms. The lowest BCUT2D eigenvalue weighted by molar-refractivity contribution is -0.136. The maximum Gasteiger partial charge on any atom is 0.333 e. The SMILES string of the molecule is COC(=O)C(C)=C(C)C1=NC(C)(C(C)C)C(=O)N1. The van der Waals surface area contributed by atoms with Gasteiger partial charge >= 0.3 is 5.97 Å². The lowest BCUT2D eigenvalue weighted by Crippen LogP contribution is -2.41. The van der Waals surface area contributed by atoms with Gasteiger partial charge in [-0.3, -0.25) is 9.79 Å². The summed E-state index contributed by atoms with van der Waals surface area (Å²) in [7, 11) is 1.33. The van der Waals surface area contributed by atoms with Crippen molar-refractivity contribution in [3.05, 3.63) is 11.1 Å². The van der Waals surface area contributed by atoms with Gasteiger partial charge in [0.2, 0.25) is 0 Å². The topological polar surface area (TPSA) is 67.8 Å². The first-order valence-corrected chi connectivity index (χ1v) is 5.91. The zero-order chi connectivity index (χ0) is 14.1. The molecule has 0 bridgehead atoms. The molecule has 1 aliphatic heterocycles. The van der Waals surface area contributed by atoms with Gasteiger partial charge in [-0.05, 0) is 26.7 Å². The minimum absolute atomic E-state index is 0.0845. The van der Waals surface area contributed by atoms with E-state index in [2.05, 4.69) is 15.0 Å². The van der Waals surface area contributed by atoms with E-state index < -0.39 is 11.5 Å². The van der Waals surface area contributed by atoms with Crippen molar-refractivity contribution < 1.29 is 14.3 Å². The predicted molar refractivity (Wildman–Crippen MR) is 69.2 cm³/mol. The second-order valence-electron chi connectivity index (χ2n) is 4.96. The normalized spacial score (nSPS) is 24.6. The second kappa shape index (κ2) is 4.92. The molecule has 1 unspecified atom stereocenters. The molecule has 0 aliphatic carbocycles. The highest BCUT2D eigenvalue weighted by atomic mass is 16.5. The maximum atomic E-state index is 11.9. The summed E-state index contributed by atoms with van der Waals surface area (Å²) in [6.07, 6.45) is 0. The number of carbonyl (C=O) groups is 2. The van der Waals surface area contributed by atoms with Crippen LogP contribution < -0.4 is 5.32 Å². The summed E-state index contributed by atoms with van der Waals surface area (Å²) in [5.74, 6) is -0.00699. The van der Waals surface area contributed by atoms with E-state index in [-0.39, 0.29) is 11.8 Å². The van der Waals surface area contributed by atoms with E-state index in [1.807, 2.05) is 13.8 Å². The standard InChI is InChI=1S/C13H20N2O3/c1-7(2)13(5)12(17)14-10(15-13)8(3)9(4)11(16)18-6/h7H,1-6H3,(H,14,15,17). The number of rotatable bonds is 3. The Hall–Kier alpha value is -1.65. The molecule has 18 heavy (non-hydrogen) atoms. The Kier molecular flexibility index (Phi) is 3.94. The molecule has 1 rings (SSSR count).